The van der Waals surface area contributed by atoms with Crippen molar-refractivity contribution in [2.24, 2.45) is 0 Å². The first kappa shape index (κ1) is 17.0. The number of carbonyl (C=O) groups is 1. The van der Waals surface area contributed by atoms with Crippen LogP contribution in [0.3, 0.4) is 0 Å². The maximum Gasteiger partial charge on any atom is 0.236 e. The zero-order valence-electron chi connectivity index (χ0n) is 10.5. The fourth-order valence-electron chi connectivity index (χ4n) is 1.27. The number of halogens is 2. The van der Waals surface area contributed by atoms with Gasteiger partial charge >= 0.3 is 0 Å². The number of carbonyl (C=O) groups excluding carboxylic acids is 1. The minimum absolute atomic E-state index is 0. The molecule has 0 aliphatic carbocycles. The summed E-state index contributed by atoms with van der Waals surface area (Å²) in [5.41, 5.74) is 0. The Kier molecular flexibility index (Phi) is 8.54. The quantitative estimate of drug-likeness (QED) is 0.870. The van der Waals surface area contributed by atoms with Gasteiger partial charge in [0.15, 0.2) is 0 Å². The van der Waals surface area contributed by atoms with Gasteiger partial charge in [-0.3, -0.25) is 4.79 Å². The molecule has 1 amide bonds. The van der Waals surface area contributed by atoms with E-state index in [9.17, 15) is 4.79 Å². The average Bonchev–Trinajstić information content (AvgIpc) is 2.29. The SMILES string of the molecule is CNCC(=O)N(C)CCOc1cccc(Cl)c1.Cl. The molecule has 102 valence electrons. The summed E-state index contributed by atoms with van der Waals surface area (Å²) in [6.07, 6.45) is 0. The first-order chi connectivity index (χ1) is 8.13. The normalized spacial score (nSPS) is 9.50. The molecule has 4 nitrogen and oxygen atoms in total. The van der Waals surface area contributed by atoms with Gasteiger partial charge in [0.2, 0.25) is 5.91 Å². The van der Waals surface area contributed by atoms with Crippen LogP contribution in [0.15, 0.2) is 24.3 Å². The fraction of sp³-hybridized carbons (Fsp3) is 0.417. The highest BCUT2D eigenvalue weighted by Crippen LogP contribution is 2.16. The van der Waals surface area contributed by atoms with E-state index in [1.807, 2.05) is 12.1 Å². The molecule has 0 atom stereocenters. The van der Waals surface area contributed by atoms with E-state index in [0.717, 1.165) is 0 Å². The molecule has 0 saturated heterocycles. The Morgan fingerprint density at radius 1 is 1.50 bits per heavy atom. The molecule has 0 bridgehead atoms. The lowest BCUT2D eigenvalue weighted by molar-refractivity contribution is -0.129. The third-order valence-corrected chi connectivity index (χ3v) is 2.48. The fourth-order valence-corrected chi connectivity index (χ4v) is 1.45. The Labute approximate surface area is 119 Å². The lowest BCUT2D eigenvalue weighted by Gasteiger charge is -2.17. The Hall–Kier alpha value is -0.970. The second-order valence-electron chi connectivity index (χ2n) is 3.65. The van der Waals surface area contributed by atoms with Crippen LogP contribution in [0.5, 0.6) is 5.75 Å². The van der Waals surface area contributed by atoms with E-state index in [-0.39, 0.29) is 18.3 Å². The Bertz CT molecular complexity index is 375. The molecule has 1 N–H and O–H groups in total. The predicted octanol–water partition coefficient (Wildman–Crippen LogP) is 1.82. The van der Waals surface area contributed by atoms with E-state index < -0.39 is 0 Å². The molecule has 6 heteroatoms. The highest BCUT2D eigenvalue weighted by atomic mass is 35.5. The molecular formula is C12H18Cl2N2O2. The summed E-state index contributed by atoms with van der Waals surface area (Å²) in [4.78, 5) is 13.1. The van der Waals surface area contributed by atoms with E-state index in [0.29, 0.717) is 30.5 Å². The topological polar surface area (TPSA) is 41.6 Å². The van der Waals surface area contributed by atoms with Crippen LogP contribution in [0.1, 0.15) is 0 Å². The van der Waals surface area contributed by atoms with Crippen molar-refractivity contribution in [2.45, 2.75) is 0 Å². The molecule has 0 aliphatic heterocycles. The maximum atomic E-state index is 11.4. The number of amides is 1. The second-order valence-corrected chi connectivity index (χ2v) is 4.09. The summed E-state index contributed by atoms with van der Waals surface area (Å²) in [5, 5.41) is 3.46. The lowest BCUT2D eigenvalue weighted by Crippen LogP contribution is -2.36. The molecule has 0 spiro atoms. The largest absolute Gasteiger partial charge is 0.492 e. The maximum absolute atomic E-state index is 11.4. The number of hydrogen-bond donors (Lipinski definition) is 1. The van der Waals surface area contributed by atoms with Crippen molar-refractivity contribution in [3.63, 3.8) is 0 Å². The van der Waals surface area contributed by atoms with Crippen molar-refractivity contribution < 1.29 is 9.53 Å². The van der Waals surface area contributed by atoms with Crippen LogP contribution in [0.4, 0.5) is 0 Å². The number of nitrogens with one attached hydrogen (secondary N) is 1. The number of likely N-dealkylation sites (N-methyl/N-ethyl adjacent to an activating group) is 2. The molecule has 1 aromatic carbocycles. The van der Waals surface area contributed by atoms with Gasteiger partial charge in [0, 0.05) is 12.1 Å². The van der Waals surface area contributed by atoms with Crippen LogP contribution in [0.25, 0.3) is 0 Å². The van der Waals surface area contributed by atoms with Gasteiger partial charge < -0.3 is 15.0 Å². The number of nitrogens with zero attached hydrogens (tertiary/aromatic N) is 1. The van der Waals surface area contributed by atoms with Gasteiger partial charge in [-0.05, 0) is 25.2 Å². The summed E-state index contributed by atoms with van der Waals surface area (Å²) < 4.78 is 5.49. The van der Waals surface area contributed by atoms with E-state index >= 15 is 0 Å². The van der Waals surface area contributed by atoms with Crippen LogP contribution in [-0.4, -0.2) is 44.6 Å². The average molecular weight is 293 g/mol. The lowest BCUT2D eigenvalue weighted by atomic mass is 10.3. The van der Waals surface area contributed by atoms with E-state index in [1.165, 1.54) is 0 Å². The number of rotatable bonds is 6. The van der Waals surface area contributed by atoms with Crippen molar-refractivity contribution in [2.75, 3.05) is 33.8 Å². The van der Waals surface area contributed by atoms with Gasteiger partial charge in [-0.1, -0.05) is 17.7 Å². The molecule has 1 rings (SSSR count). The van der Waals surface area contributed by atoms with Crippen molar-refractivity contribution >= 4 is 29.9 Å². The number of ether oxygens (including phenoxy) is 1. The van der Waals surface area contributed by atoms with E-state index in [4.69, 9.17) is 16.3 Å². The third-order valence-electron chi connectivity index (χ3n) is 2.25. The standard InChI is InChI=1S/C12H17ClN2O2.ClH/c1-14-9-12(16)15(2)6-7-17-11-5-3-4-10(13)8-11;/h3-5,8,14H,6-7,9H2,1-2H3;1H. The van der Waals surface area contributed by atoms with Crippen molar-refractivity contribution in [3.05, 3.63) is 29.3 Å². The van der Waals surface area contributed by atoms with Gasteiger partial charge in [0.05, 0.1) is 13.1 Å². The first-order valence-corrected chi connectivity index (χ1v) is 5.78. The minimum atomic E-state index is 0. The third kappa shape index (κ3) is 6.10. The van der Waals surface area contributed by atoms with Crippen LogP contribution >= 0.6 is 24.0 Å². The first-order valence-electron chi connectivity index (χ1n) is 5.40. The van der Waals surface area contributed by atoms with E-state index in [1.54, 1.807) is 31.1 Å². The zero-order valence-corrected chi connectivity index (χ0v) is 12.1. The summed E-state index contributed by atoms with van der Waals surface area (Å²) in [5.74, 6) is 0.758. The molecule has 0 heterocycles. The molecule has 18 heavy (non-hydrogen) atoms. The van der Waals surface area contributed by atoms with Crippen LogP contribution in [-0.2, 0) is 4.79 Å². The molecule has 1 aromatic rings. The molecule has 0 aliphatic rings. The molecule has 0 saturated carbocycles. The van der Waals surface area contributed by atoms with E-state index in [2.05, 4.69) is 5.32 Å². The summed E-state index contributed by atoms with van der Waals surface area (Å²) >= 11 is 5.83. The van der Waals surface area contributed by atoms with Crippen LogP contribution < -0.4 is 10.1 Å². The van der Waals surface area contributed by atoms with Gasteiger partial charge in [-0.2, -0.15) is 0 Å². The minimum Gasteiger partial charge on any atom is -0.492 e. The predicted molar refractivity (Wildman–Crippen MR) is 75.8 cm³/mol. The van der Waals surface area contributed by atoms with Gasteiger partial charge in [-0.15, -0.1) is 12.4 Å². The molecule has 0 aromatic heterocycles. The van der Waals surface area contributed by atoms with Crippen LogP contribution in [0, 0.1) is 0 Å². The molecule has 0 unspecified atom stereocenters. The Morgan fingerprint density at radius 2 is 2.22 bits per heavy atom. The monoisotopic (exact) mass is 292 g/mol. The van der Waals surface area contributed by atoms with Crippen molar-refractivity contribution in [3.8, 4) is 5.75 Å². The Morgan fingerprint density at radius 3 is 2.83 bits per heavy atom. The summed E-state index contributed by atoms with van der Waals surface area (Å²) in [7, 11) is 3.50. The highest BCUT2D eigenvalue weighted by Gasteiger charge is 2.06. The summed E-state index contributed by atoms with van der Waals surface area (Å²) in [6.45, 7) is 1.34. The van der Waals surface area contributed by atoms with Crippen LogP contribution in [0.2, 0.25) is 5.02 Å². The van der Waals surface area contributed by atoms with Crippen molar-refractivity contribution in [1.82, 2.24) is 10.2 Å². The zero-order chi connectivity index (χ0) is 12.7. The Balaban J connectivity index is 0.00000289. The number of hydrogen-bond acceptors (Lipinski definition) is 3. The molecule has 0 fully saturated rings. The molecular weight excluding hydrogens is 275 g/mol. The van der Waals surface area contributed by atoms with Gasteiger partial charge in [0.25, 0.3) is 0 Å². The van der Waals surface area contributed by atoms with Gasteiger partial charge in [-0.25, -0.2) is 0 Å². The highest BCUT2D eigenvalue weighted by molar-refractivity contribution is 6.30. The number of benzene rings is 1. The molecule has 0 radical (unpaired) electrons. The van der Waals surface area contributed by atoms with Crippen molar-refractivity contribution in [1.29, 1.82) is 0 Å². The second kappa shape index (κ2) is 9.03. The summed E-state index contributed by atoms with van der Waals surface area (Å²) in [6, 6.07) is 7.20. The smallest absolute Gasteiger partial charge is 0.236 e. The van der Waals surface area contributed by atoms with Gasteiger partial charge in [0.1, 0.15) is 12.4 Å².